The van der Waals surface area contributed by atoms with Crippen LogP contribution >= 0.6 is 0 Å². The van der Waals surface area contributed by atoms with Crippen LogP contribution in [0, 0.1) is 5.92 Å². The first-order valence-corrected chi connectivity index (χ1v) is 7.30. The van der Waals surface area contributed by atoms with E-state index in [1.54, 1.807) is 0 Å². The fourth-order valence-corrected chi connectivity index (χ4v) is 2.71. The van der Waals surface area contributed by atoms with Crippen LogP contribution in [0.3, 0.4) is 0 Å². The number of hydrogen-bond donors (Lipinski definition) is 1. The Morgan fingerprint density at radius 1 is 1.26 bits per heavy atom. The lowest BCUT2D eigenvalue weighted by molar-refractivity contribution is 0.244. The van der Waals surface area contributed by atoms with Crippen LogP contribution in [0.25, 0.3) is 0 Å². The van der Waals surface area contributed by atoms with Gasteiger partial charge in [0.1, 0.15) is 5.75 Å². The van der Waals surface area contributed by atoms with Crippen molar-refractivity contribution >= 4 is 11.4 Å². The second kappa shape index (κ2) is 5.72. The zero-order valence-corrected chi connectivity index (χ0v) is 12.5. The molecule has 1 aromatic carbocycles. The van der Waals surface area contributed by atoms with Crippen molar-refractivity contribution in [3.8, 4) is 5.75 Å². The van der Waals surface area contributed by atoms with E-state index in [-0.39, 0.29) is 6.10 Å². The highest BCUT2D eigenvalue weighted by Gasteiger charge is 2.23. The minimum atomic E-state index is 0.148. The van der Waals surface area contributed by atoms with Gasteiger partial charge in [-0.15, -0.1) is 0 Å². The van der Waals surface area contributed by atoms with Crippen LogP contribution < -0.4 is 15.4 Å². The molecule has 1 aromatic rings. The van der Waals surface area contributed by atoms with Crippen LogP contribution in [-0.4, -0.2) is 18.7 Å². The van der Waals surface area contributed by atoms with E-state index < -0.39 is 0 Å². The maximum Gasteiger partial charge on any atom is 0.144 e. The van der Waals surface area contributed by atoms with Crippen LogP contribution in [0.4, 0.5) is 11.4 Å². The molecule has 2 N–H and O–H groups in total. The molecule has 0 saturated carbocycles. The highest BCUT2D eigenvalue weighted by Crippen LogP contribution is 2.33. The van der Waals surface area contributed by atoms with Crippen molar-refractivity contribution < 1.29 is 4.74 Å². The van der Waals surface area contributed by atoms with Crippen molar-refractivity contribution in [1.29, 1.82) is 0 Å². The standard InChI is InChI=1S/C16H26N2O/c1-11(2)19-16-9-14(7-8-15(16)17)18-10-12(3)5-6-13(18)4/h7-9,11-13H,5-6,10,17H2,1-4H3. The first-order chi connectivity index (χ1) is 8.97. The molecule has 3 heteroatoms. The summed E-state index contributed by atoms with van der Waals surface area (Å²) in [7, 11) is 0. The van der Waals surface area contributed by atoms with E-state index in [9.17, 15) is 0 Å². The van der Waals surface area contributed by atoms with Gasteiger partial charge in [-0.25, -0.2) is 0 Å². The lowest BCUT2D eigenvalue weighted by atomic mass is 9.94. The van der Waals surface area contributed by atoms with Gasteiger partial charge in [0.2, 0.25) is 0 Å². The number of hydrogen-bond acceptors (Lipinski definition) is 3. The summed E-state index contributed by atoms with van der Waals surface area (Å²) in [5.41, 5.74) is 7.93. The largest absolute Gasteiger partial charge is 0.489 e. The summed E-state index contributed by atoms with van der Waals surface area (Å²) >= 11 is 0. The van der Waals surface area contributed by atoms with Crippen LogP contribution in [0.1, 0.15) is 40.5 Å². The van der Waals surface area contributed by atoms with Gasteiger partial charge in [-0.3, -0.25) is 0 Å². The highest BCUT2D eigenvalue weighted by atomic mass is 16.5. The maximum absolute atomic E-state index is 5.99. The minimum absolute atomic E-state index is 0.148. The Labute approximate surface area is 116 Å². The average molecular weight is 262 g/mol. The molecule has 2 rings (SSSR count). The Kier molecular flexibility index (Phi) is 4.23. The number of rotatable bonds is 3. The summed E-state index contributed by atoms with van der Waals surface area (Å²) in [5.74, 6) is 1.56. The summed E-state index contributed by atoms with van der Waals surface area (Å²) in [4.78, 5) is 2.47. The summed E-state index contributed by atoms with van der Waals surface area (Å²) in [5, 5.41) is 0. The summed E-state index contributed by atoms with van der Waals surface area (Å²) in [6.45, 7) is 9.79. The summed E-state index contributed by atoms with van der Waals surface area (Å²) < 4.78 is 5.79. The Bertz CT molecular complexity index is 431. The molecule has 0 aliphatic carbocycles. The molecular weight excluding hydrogens is 236 g/mol. The molecule has 1 aliphatic heterocycles. The minimum Gasteiger partial charge on any atom is -0.489 e. The van der Waals surface area contributed by atoms with Gasteiger partial charge in [0.05, 0.1) is 11.8 Å². The molecule has 1 fully saturated rings. The van der Waals surface area contributed by atoms with Crippen molar-refractivity contribution in [2.75, 3.05) is 17.2 Å². The van der Waals surface area contributed by atoms with E-state index in [1.165, 1.54) is 18.5 Å². The van der Waals surface area contributed by atoms with Crippen LogP contribution in [0.5, 0.6) is 5.75 Å². The number of nitrogen functional groups attached to an aromatic ring is 1. The maximum atomic E-state index is 5.99. The molecule has 1 saturated heterocycles. The molecule has 106 valence electrons. The van der Waals surface area contributed by atoms with Crippen molar-refractivity contribution in [3.63, 3.8) is 0 Å². The van der Waals surface area contributed by atoms with E-state index >= 15 is 0 Å². The van der Waals surface area contributed by atoms with Gasteiger partial charge in [-0.2, -0.15) is 0 Å². The molecular formula is C16H26N2O. The number of nitrogens with two attached hydrogens (primary N) is 1. The lowest BCUT2D eigenvalue weighted by Gasteiger charge is -2.38. The lowest BCUT2D eigenvalue weighted by Crippen LogP contribution is -2.41. The molecule has 0 amide bonds. The molecule has 3 nitrogen and oxygen atoms in total. The van der Waals surface area contributed by atoms with E-state index in [0.29, 0.717) is 6.04 Å². The molecule has 0 radical (unpaired) electrons. The monoisotopic (exact) mass is 262 g/mol. The number of piperidine rings is 1. The first-order valence-electron chi connectivity index (χ1n) is 7.30. The number of benzene rings is 1. The van der Waals surface area contributed by atoms with Crippen LogP contribution in [0.15, 0.2) is 18.2 Å². The topological polar surface area (TPSA) is 38.5 Å². The van der Waals surface area contributed by atoms with Crippen molar-refractivity contribution in [3.05, 3.63) is 18.2 Å². The second-order valence-electron chi connectivity index (χ2n) is 6.07. The summed E-state index contributed by atoms with van der Waals surface area (Å²) in [6, 6.07) is 6.74. The second-order valence-corrected chi connectivity index (χ2v) is 6.07. The quantitative estimate of drug-likeness (QED) is 0.844. The third kappa shape index (κ3) is 3.34. The van der Waals surface area contributed by atoms with Crippen LogP contribution in [0.2, 0.25) is 0 Å². The van der Waals surface area contributed by atoms with Crippen molar-refractivity contribution in [2.45, 2.75) is 52.7 Å². The molecule has 0 aromatic heterocycles. The third-order valence-corrected chi connectivity index (χ3v) is 3.81. The van der Waals surface area contributed by atoms with E-state index in [0.717, 1.165) is 23.9 Å². The SMILES string of the molecule is CC1CCC(C)N(c2ccc(N)c(OC(C)C)c2)C1. The Hall–Kier alpha value is -1.38. The predicted molar refractivity (Wildman–Crippen MR) is 81.8 cm³/mol. The van der Waals surface area contributed by atoms with Crippen molar-refractivity contribution in [1.82, 2.24) is 0 Å². The molecule has 19 heavy (non-hydrogen) atoms. The molecule has 2 atom stereocenters. The van der Waals surface area contributed by atoms with Gasteiger partial charge < -0.3 is 15.4 Å². The molecule has 1 heterocycles. The smallest absolute Gasteiger partial charge is 0.144 e. The molecule has 2 unspecified atom stereocenters. The third-order valence-electron chi connectivity index (χ3n) is 3.81. The number of ether oxygens (including phenoxy) is 1. The fraction of sp³-hybridized carbons (Fsp3) is 0.625. The van der Waals surface area contributed by atoms with Gasteiger partial charge >= 0.3 is 0 Å². The Morgan fingerprint density at radius 2 is 2.00 bits per heavy atom. The molecule has 1 aliphatic rings. The van der Waals surface area contributed by atoms with Crippen molar-refractivity contribution in [2.24, 2.45) is 5.92 Å². The zero-order valence-electron chi connectivity index (χ0n) is 12.5. The van der Waals surface area contributed by atoms with Gasteiger partial charge in [0.25, 0.3) is 0 Å². The van der Waals surface area contributed by atoms with Gasteiger partial charge in [-0.1, -0.05) is 6.92 Å². The van der Waals surface area contributed by atoms with Gasteiger partial charge in [-0.05, 0) is 51.7 Å². The predicted octanol–water partition coefficient (Wildman–Crippen LogP) is 3.68. The Balaban J connectivity index is 2.24. The normalized spacial score (nSPS) is 23.7. The molecule has 0 bridgehead atoms. The van der Waals surface area contributed by atoms with Gasteiger partial charge in [0.15, 0.2) is 0 Å². The summed E-state index contributed by atoms with van der Waals surface area (Å²) in [6.07, 6.45) is 2.73. The van der Waals surface area contributed by atoms with Crippen LogP contribution in [-0.2, 0) is 0 Å². The van der Waals surface area contributed by atoms with E-state index in [2.05, 4.69) is 30.9 Å². The van der Waals surface area contributed by atoms with E-state index in [1.807, 2.05) is 19.9 Å². The first kappa shape index (κ1) is 14.0. The zero-order chi connectivity index (χ0) is 14.0. The molecule has 0 spiro atoms. The Morgan fingerprint density at radius 3 is 2.68 bits per heavy atom. The van der Waals surface area contributed by atoms with E-state index in [4.69, 9.17) is 10.5 Å². The van der Waals surface area contributed by atoms with Gasteiger partial charge in [0, 0.05) is 24.3 Å². The average Bonchev–Trinajstić information content (AvgIpc) is 2.34. The highest BCUT2D eigenvalue weighted by molar-refractivity contribution is 5.62. The fourth-order valence-electron chi connectivity index (χ4n) is 2.71. The number of anilines is 2. The number of nitrogens with zero attached hydrogens (tertiary/aromatic N) is 1.